The average molecular weight is 356 g/mol. The quantitative estimate of drug-likeness (QED) is 0.583. The number of nitrogens with one attached hydrogen (secondary N) is 2. The molecule has 104 valence electrons. The van der Waals surface area contributed by atoms with Gasteiger partial charge in [-0.25, -0.2) is 10.8 Å². The van der Waals surface area contributed by atoms with Crippen LogP contribution in [-0.4, -0.2) is 10.9 Å². The topological polar surface area (TPSA) is 80.0 Å². The second-order valence-electron chi connectivity index (χ2n) is 4.11. The SMILES string of the molecule is Cc1cc(Br)ccc1NC(=O)c1cnc(NN)c(Cl)c1. The largest absolute Gasteiger partial charge is 0.322 e. The Kier molecular flexibility index (Phi) is 4.59. The Morgan fingerprint density at radius 1 is 1.40 bits per heavy atom. The molecule has 0 aliphatic rings. The second-order valence-corrected chi connectivity index (χ2v) is 5.44. The van der Waals surface area contributed by atoms with E-state index >= 15 is 0 Å². The second kappa shape index (κ2) is 6.21. The normalized spacial score (nSPS) is 10.2. The van der Waals surface area contributed by atoms with Crippen molar-refractivity contribution >= 4 is 44.9 Å². The molecular formula is C13H12BrClN4O. The summed E-state index contributed by atoms with van der Waals surface area (Å²) in [5.74, 6) is 5.27. The van der Waals surface area contributed by atoms with Crippen molar-refractivity contribution < 1.29 is 4.79 Å². The third kappa shape index (κ3) is 3.27. The highest BCUT2D eigenvalue weighted by atomic mass is 79.9. The van der Waals surface area contributed by atoms with E-state index in [-0.39, 0.29) is 10.9 Å². The Morgan fingerprint density at radius 3 is 2.75 bits per heavy atom. The predicted molar refractivity (Wildman–Crippen MR) is 83.9 cm³/mol. The van der Waals surface area contributed by atoms with Crippen LogP contribution < -0.4 is 16.6 Å². The number of hydrogen-bond acceptors (Lipinski definition) is 4. The van der Waals surface area contributed by atoms with E-state index in [9.17, 15) is 4.79 Å². The smallest absolute Gasteiger partial charge is 0.257 e. The molecule has 20 heavy (non-hydrogen) atoms. The molecule has 1 amide bonds. The van der Waals surface area contributed by atoms with E-state index in [0.717, 1.165) is 15.7 Å². The van der Waals surface area contributed by atoms with Crippen LogP contribution >= 0.6 is 27.5 Å². The molecule has 0 saturated carbocycles. The van der Waals surface area contributed by atoms with Gasteiger partial charge in [-0.15, -0.1) is 0 Å². The van der Waals surface area contributed by atoms with E-state index in [1.54, 1.807) is 0 Å². The molecule has 0 radical (unpaired) electrons. The molecule has 0 atom stereocenters. The van der Waals surface area contributed by atoms with Crippen molar-refractivity contribution in [1.29, 1.82) is 0 Å². The van der Waals surface area contributed by atoms with Gasteiger partial charge in [0.2, 0.25) is 0 Å². The van der Waals surface area contributed by atoms with Gasteiger partial charge in [0.1, 0.15) is 0 Å². The van der Waals surface area contributed by atoms with E-state index in [4.69, 9.17) is 17.4 Å². The summed E-state index contributed by atoms with van der Waals surface area (Å²) in [5, 5.41) is 3.09. The molecule has 1 aromatic carbocycles. The van der Waals surface area contributed by atoms with Gasteiger partial charge < -0.3 is 10.7 Å². The summed E-state index contributed by atoms with van der Waals surface area (Å²) in [4.78, 5) is 16.1. The number of aromatic nitrogens is 1. The summed E-state index contributed by atoms with van der Waals surface area (Å²) in [6.45, 7) is 1.91. The highest BCUT2D eigenvalue weighted by Crippen LogP contribution is 2.22. The molecule has 0 aliphatic heterocycles. The number of pyridine rings is 1. The zero-order valence-corrected chi connectivity index (χ0v) is 12.9. The molecule has 0 aliphatic carbocycles. The first-order valence-corrected chi connectivity index (χ1v) is 6.88. The highest BCUT2D eigenvalue weighted by Gasteiger charge is 2.11. The predicted octanol–water partition coefficient (Wildman–Crippen LogP) is 3.34. The van der Waals surface area contributed by atoms with Gasteiger partial charge >= 0.3 is 0 Å². The van der Waals surface area contributed by atoms with Crippen LogP contribution in [0.15, 0.2) is 34.9 Å². The molecule has 2 rings (SSSR count). The lowest BCUT2D eigenvalue weighted by molar-refractivity contribution is 0.102. The zero-order chi connectivity index (χ0) is 14.7. The molecule has 0 bridgehead atoms. The standard InChI is InChI=1S/C13H12BrClN4O/c1-7-4-9(14)2-3-11(7)18-13(20)8-5-10(15)12(19-16)17-6-8/h2-6H,16H2,1H3,(H,17,19)(H,18,20). The van der Waals surface area contributed by atoms with Crippen LogP contribution in [0, 0.1) is 6.92 Å². The Bertz CT molecular complexity index is 663. The van der Waals surface area contributed by atoms with E-state index in [1.165, 1.54) is 12.3 Å². The number of aryl methyl sites for hydroxylation is 1. The number of nitrogen functional groups attached to an aromatic ring is 1. The molecule has 0 fully saturated rings. The molecule has 4 N–H and O–H groups in total. The first kappa shape index (κ1) is 14.8. The average Bonchev–Trinajstić information content (AvgIpc) is 2.41. The van der Waals surface area contributed by atoms with Crippen molar-refractivity contribution in [2.45, 2.75) is 6.92 Å². The van der Waals surface area contributed by atoms with Gasteiger partial charge in [-0.05, 0) is 36.8 Å². The number of anilines is 2. The molecular weight excluding hydrogens is 344 g/mol. The van der Waals surface area contributed by atoms with Gasteiger partial charge in [0, 0.05) is 16.4 Å². The minimum atomic E-state index is -0.284. The van der Waals surface area contributed by atoms with Crippen LogP contribution in [0.4, 0.5) is 11.5 Å². The van der Waals surface area contributed by atoms with Crippen LogP contribution in [0.3, 0.4) is 0 Å². The summed E-state index contributed by atoms with van der Waals surface area (Å²) < 4.78 is 0.955. The number of hydrazine groups is 1. The van der Waals surface area contributed by atoms with Crippen molar-refractivity contribution in [2.75, 3.05) is 10.7 Å². The fourth-order valence-corrected chi connectivity index (χ4v) is 2.33. The van der Waals surface area contributed by atoms with Crippen LogP contribution in [0.1, 0.15) is 15.9 Å². The van der Waals surface area contributed by atoms with Gasteiger partial charge in [0.25, 0.3) is 5.91 Å². The summed E-state index contributed by atoms with van der Waals surface area (Å²) in [7, 11) is 0. The Labute approximate surface area is 129 Å². The van der Waals surface area contributed by atoms with Crippen LogP contribution in [0.25, 0.3) is 0 Å². The van der Waals surface area contributed by atoms with Gasteiger partial charge in [0.05, 0.1) is 10.6 Å². The maximum absolute atomic E-state index is 12.1. The summed E-state index contributed by atoms with van der Waals surface area (Å²) >= 11 is 9.31. The molecule has 5 nitrogen and oxygen atoms in total. The lowest BCUT2D eigenvalue weighted by Gasteiger charge is -2.09. The number of carbonyl (C=O) groups excluding carboxylic acids is 1. The number of nitrogens with zero attached hydrogens (tertiary/aromatic N) is 1. The molecule has 0 unspecified atom stereocenters. The Hall–Kier alpha value is -1.63. The number of amides is 1. The highest BCUT2D eigenvalue weighted by molar-refractivity contribution is 9.10. The number of carbonyl (C=O) groups is 1. The van der Waals surface area contributed by atoms with Gasteiger partial charge in [-0.2, -0.15) is 0 Å². The summed E-state index contributed by atoms with van der Waals surface area (Å²) in [5.41, 5.74) is 4.39. The molecule has 1 heterocycles. The van der Waals surface area contributed by atoms with E-state index < -0.39 is 0 Å². The first-order valence-electron chi connectivity index (χ1n) is 5.71. The van der Waals surface area contributed by atoms with Gasteiger partial charge in [0.15, 0.2) is 5.82 Å². The third-order valence-electron chi connectivity index (χ3n) is 2.68. The van der Waals surface area contributed by atoms with Gasteiger partial charge in [-0.1, -0.05) is 27.5 Å². The molecule has 2 aromatic rings. The van der Waals surface area contributed by atoms with Crippen LogP contribution in [-0.2, 0) is 0 Å². The summed E-state index contributed by atoms with van der Waals surface area (Å²) in [6, 6.07) is 7.10. The first-order chi connectivity index (χ1) is 9.51. The Morgan fingerprint density at radius 2 is 2.15 bits per heavy atom. The summed E-state index contributed by atoms with van der Waals surface area (Å²) in [6.07, 6.45) is 1.41. The van der Waals surface area contributed by atoms with E-state index in [1.807, 2.05) is 25.1 Å². The molecule has 1 aromatic heterocycles. The van der Waals surface area contributed by atoms with Crippen molar-refractivity contribution in [3.8, 4) is 0 Å². The molecule has 7 heteroatoms. The lowest BCUT2D eigenvalue weighted by atomic mass is 10.2. The van der Waals surface area contributed by atoms with Crippen molar-refractivity contribution in [1.82, 2.24) is 4.98 Å². The maximum atomic E-state index is 12.1. The molecule has 0 saturated heterocycles. The van der Waals surface area contributed by atoms with Crippen molar-refractivity contribution in [3.63, 3.8) is 0 Å². The van der Waals surface area contributed by atoms with Crippen LogP contribution in [0.5, 0.6) is 0 Å². The van der Waals surface area contributed by atoms with Crippen molar-refractivity contribution in [3.05, 3.63) is 51.1 Å². The third-order valence-corrected chi connectivity index (χ3v) is 3.46. The number of benzene rings is 1. The number of nitrogens with two attached hydrogens (primary N) is 1. The monoisotopic (exact) mass is 354 g/mol. The number of hydrogen-bond donors (Lipinski definition) is 3. The van der Waals surface area contributed by atoms with E-state index in [0.29, 0.717) is 11.4 Å². The van der Waals surface area contributed by atoms with Crippen LogP contribution in [0.2, 0.25) is 5.02 Å². The van der Waals surface area contributed by atoms with Gasteiger partial charge in [-0.3, -0.25) is 4.79 Å². The number of halogens is 2. The minimum absolute atomic E-state index is 0.284. The van der Waals surface area contributed by atoms with E-state index in [2.05, 4.69) is 31.7 Å². The molecule has 0 spiro atoms. The maximum Gasteiger partial charge on any atom is 0.257 e. The number of rotatable bonds is 3. The lowest BCUT2D eigenvalue weighted by Crippen LogP contribution is -2.14. The Balaban J connectivity index is 2.21. The zero-order valence-electron chi connectivity index (χ0n) is 10.6. The fourth-order valence-electron chi connectivity index (χ4n) is 1.63. The minimum Gasteiger partial charge on any atom is -0.322 e. The van der Waals surface area contributed by atoms with Crippen molar-refractivity contribution in [2.24, 2.45) is 5.84 Å². The fraction of sp³-hybridized carbons (Fsp3) is 0.0769.